The fourth-order valence-electron chi connectivity index (χ4n) is 1.83. The zero-order valence-corrected chi connectivity index (χ0v) is 9.54. The molecule has 0 saturated heterocycles. The Labute approximate surface area is 97.9 Å². The van der Waals surface area contributed by atoms with Crippen molar-refractivity contribution in [2.75, 3.05) is 23.8 Å². The number of hydrogen-bond donors (Lipinski definition) is 2. The lowest BCUT2D eigenvalue weighted by Gasteiger charge is -2.12. The second-order valence-electron chi connectivity index (χ2n) is 3.55. The van der Waals surface area contributed by atoms with Crippen molar-refractivity contribution in [1.29, 1.82) is 0 Å². The predicted molar refractivity (Wildman–Crippen MR) is 63.3 cm³/mol. The topological polar surface area (TPSA) is 60.8 Å². The van der Waals surface area contributed by atoms with Crippen LogP contribution in [0.1, 0.15) is 5.56 Å². The number of benzene rings is 1. The van der Waals surface area contributed by atoms with Crippen LogP contribution in [0.4, 0.5) is 10.5 Å². The summed E-state index contributed by atoms with van der Waals surface area (Å²) >= 11 is 1.58. The normalized spacial score (nSPS) is 13.9. The van der Waals surface area contributed by atoms with Crippen LogP contribution in [-0.2, 0) is 6.42 Å². The summed E-state index contributed by atoms with van der Waals surface area (Å²) in [5.41, 5.74) is 1.87. The quantitative estimate of drug-likeness (QED) is 0.790. The third-order valence-corrected chi connectivity index (χ3v) is 3.51. The predicted octanol–water partition coefficient (Wildman–Crippen LogP) is 1.81. The molecule has 2 N–H and O–H groups in total. The molecular formula is C11H13NO3S. The first-order valence-electron chi connectivity index (χ1n) is 5.09. The van der Waals surface area contributed by atoms with Crippen LogP contribution in [0.2, 0.25) is 0 Å². The zero-order valence-electron chi connectivity index (χ0n) is 8.72. The molecule has 1 heterocycles. The Morgan fingerprint density at radius 1 is 1.50 bits per heavy atom. The summed E-state index contributed by atoms with van der Waals surface area (Å²) in [7, 11) is 0. The van der Waals surface area contributed by atoms with Gasteiger partial charge in [-0.05, 0) is 30.2 Å². The number of aliphatic hydroxyl groups is 1. The number of nitrogens with zero attached hydrogens (tertiary/aromatic N) is 1. The molecule has 0 spiro atoms. The highest BCUT2D eigenvalue weighted by atomic mass is 32.2. The number of amides is 1. The Balaban J connectivity index is 2.19. The van der Waals surface area contributed by atoms with Gasteiger partial charge in [0, 0.05) is 17.2 Å². The van der Waals surface area contributed by atoms with Crippen LogP contribution >= 0.6 is 11.8 Å². The highest BCUT2D eigenvalue weighted by Gasteiger charge is 2.23. The van der Waals surface area contributed by atoms with E-state index in [1.54, 1.807) is 11.8 Å². The maximum Gasteiger partial charge on any atom is 0.411 e. The van der Waals surface area contributed by atoms with Gasteiger partial charge in [-0.3, -0.25) is 4.90 Å². The highest BCUT2D eigenvalue weighted by Crippen LogP contribution is 2.31. The average molecular weight is 239 g/mol. The summed E-state index contributed by atoms with van der Waals surface area (Å²) in [6.07, 6.45) is -0.121. The average Bonchev–Trinajstić information content (AvgIpc) is 2.69. The summed E-state index contributed by atoms with van der Waals surface area (Å²) in [5, 5.41) is 17.7. The Bertz CT molecular complexity index is 408. The van der Waals surface area contributed by atoms with Crippen molar-refractivity contribution in [3.8, 4) is 0 Å². The second kappa shape index (κ2) is 4.76. The molecule has 0 saturated carbocycles. The van der Waals surface area contributed by atoms with Gasteiger partial charge in [-0.25, -0.2) is 4.79 Å². The molecule has 1 aliphatic heterocycles. The minimum absolute atomic E-state index is 0.156. The van der Waals surface area contributed by atoms with Crippen molar-refractivity contribution in [2.24, 2.45) is 0 Å². The lowest BCUT2D eigenvalue weighted by atomic mass is 10.2. The number of carbonyl (C=O) groups is 1. The SMILES string of the molecule is O=C(O)N1CCc2cc(SCCO)ccc21. The van der Waals surface area contributed by atoms with Gasteiger partial charge >= 0.3 is 6.09 Å². The van der Waals surface area contributed by atoms with E-state index in [9.17, 15) is 4.79 Å². The van der Waals surface area contributed by atoms with Gasteiger partial charge in [0.25, 0.3) is 0 Å². The maximum atomic E-state index is 10.9. The first-order valence-corrected chi connectivity index (χ1v) is 6.08. The molecular weight excluding hydrogens is 226 g/mol. The van der Waals surface area contributed by atoms with E-state index in [1.807, 2.05) is 18.2 Å². The molecule has 0 atom stereocenters. The van der Waals surface area contributed by atoms with Crippen LogP contribution in [0.25, 0.3) is 0 Å². The number of anilines is 1. The van der Waals surface area contributed by atoms with Gasteiger partial charge in [0.15, 0.2) is 0 Å². The Hall–Kier alpha value is -1.20. The van der Waals surface area contributed by atoms with E-state index >= 15 is 0 Å². The third-order valence-electron chi connectivity index (χ3n) is 2.54. The van der Waals surface area contributed by atoms with Gasteiger partial charge in [0.05, 0.1) is 12.3 Å². The van der Waals surface area contributed by atoms with Crippen molar-refractivity contribution in [2.45, 2.75) is 11.3 Å². The van der Waals surface area contributed by atoms with Crippen molar-refractivity contribution in [3.63, 3.8) is 0 Å². The number of carboxylic acid groups (broad SMARTS) is 1. The summed E-state index contributed by atoms with van der Waals surface area (Å²) in [6.45, 7) is 0.696. The van der Waals surface area contributed by atoms with Gasteiger partial charge in [0.1, 0.15) is 0 Å². The van der Waals surface area contributed by atoms with Crippen molar-refractivity contribution in [3.05, 3.63) is 23.8 Å². The molecule has 0 aromatic heterocycles. The first kappa shape index (κ1) is 11.3. The van der Waals surface area contributed by atoms with Gasteiger partial charge in [-0.2, -0.15) is 0 Å². The molecule has 4 nitrogen and oxygen atoms in total. The van der Waals surface area contributed by atoms with Crippen molar-refractivity contribution < 1.29 is 15.0 Å². The fraction of sp³-hybridized carbons (Fsp3) is 0.364. The van der Waals surface area contributed by atoms with Crippen LogP contribution in [0.3, 0.4) is 0 Å². The standard InChI is InChI=1S/C11H13NO3S/c13-5-6-16-9-1-2-10-8(7-9)3-4-12(10)11(14)15/h1-2,7,13H,3-6H2,(H,14,15). The van der Waals surface area contributed by atoms with Gasteiger partial charge in [-0.15, -0.1) is 11.8 Å². The minimum atomic E-state index is -0.894. The lowest BCUT2D eigenvalue weighted by molar-refractivity contribution is 0.202. The smallest absolute Gasteiger partial charge is 0.411 e. The number of fused-ring (bicyclic) bond motifs is 1. The van der Waals surface area contributed by atoms with E-state index in [0.717, 1.165) is 22.6 Å². The van der Waals surface area contributed by atoms with Crippen LogP contribution in [0.15, 0.2) is 23.1 Å². The van der Waals surface area contributed by atoms with Crippen LogP contribution in [0.5, 0.6) is 0 Å². The van der Waals surface area contributed by atoms with Gasteiger partial charge in [0.2, 0.25) is 0 Å². The summed E-state index contributed by atoms with van der Waals surface area (Å²) in [5.74, 6) is 0.668. The molecule has 86 valence electrons. The second-order valence-corrected chi connectivity index (χ2v) is 4.72. The van der Waals surface area contributed by atoms with E-state index in [-0.39, 0.29) is 6.61 Å². The van der Waals surface area contributed by atoms with Crippen LogP contribution in [-0.4, -0.2) is 35.2 Å². The minimum Gasteiger partial charge on any atom is -0.465 e. The Kier molecular flexibility index (Phi) is 3.36. The molecule has 2 rings (SSSR count). The molecule has 0 bridgehead atoms. The lowest BCUT2D eigenvalue weighted by Crippen LogP contribution is -2.26. The molecule has 1 aromatic rings. The molecule has 1 aliphatic rings. The number of thioether (sulfide) groups is 1. The van der Waals surface area contributed by atoms with Crippen LogP contribution < -0.4 is 4.90 Å². The maximum absolute atomic E-state index is 10.9. The first-order chi connectivity index (χ1) is 7.72. The van der Waals surface area contributed by atoms with E-state index in [2.05, 4.69) is 0 Å². The molecule has 0 radical (unpaired) electrons. The molecule has 5 heteroatoms. The van der Waals surface area contributed by atoms with E-state index in [4.69, 9.17) is 10.2 Å². The largest absolute Gasteiger partial charge is 0.465 e. The molecule has 0 unspecified atom stereocenters. The molecule has 16 heavy (non-hydrogen) atoms. The summed E-state index contributed by atoms with van der Waals surface area (Å²) in [6, 6.07) is 5.76. The van der Waals surface area contributed by atoms with Crippen molar-refractivity contribution in [1.82, 2.24) is 0 Å². The van der Waals surface area contributed by atoms with E-state index in [0.29, 0.717) is 12.3 Å². The van der Waals surface area contributed by atoms with Crippen LogP contribution in [0, 0.1) is 0 Å². The number of hydrogen-bond acceptors (Lipinski definition) is 3. The highest BCUT2D eigenvalue weighted by molar-refractivity contribution is 7.99. The fourth-order valence-corrected chi connectivity index (χ4v) is 2.55. The van der Waals surface area contributed by atoms with E-state index in [1.165, 1.54) is 4.90 Å². The van der Waals surface area contributed by atoms with Gasteiger partial charge in [-0.1, -0.05) is 0 Å². The van der Waals surface area contributed by atoms with Gasteiger partial charge < -0.3 is 10.2 Å². The number of rotatable bonds is 3. The number of aliphatic hydroxyl groups excluding tert-OH is 1. The molecule has 1 aromatic carbocycles. The summed E-state index contributed by atoms with van der Waals surface area (Å²) in [4.78, 5) is 13.4. The zero-order chi connectivity index (χ0) is 11.5. The van der Waals surface area contributed by atoms with Crippen molar-refractivity contribution >= 4 is 23.5 Å². The third kappa shape index (κ3) is 2.15. The monoisotopic (exact) mass is 239 g/mol. The molecule has 1 amide bonds. The molecule has 0 aliphatic carbocycles. The Morgan fingerprint density at radius 2 is 2.31 bits per heavy atom. The Morgan fingerprint density at radius 3 is 3.00 bits per heavy atom. The summed E-state index contributed by atoms with van der Waals surface area (Å²) < 4.78 is 0. The molecule has 0 fully saturated rings. The van der Waals surface area contributed by atoms with E-state index < -0.39 is 6.09 Å².